The molecule has 0 spiro atoms. The molecule has 1 fully saturated rings. The maximum Gasteiger partial charge on any atom is 0.309 e. The van der Waals surface area contributed by atoms with Crippen molar-refractivity contribution < 1.29 is 19.0 Å². The van der Waals surface area contributed by atoms with Gasteiger partial charge in [0, 0.05) is 35.6 Å². The third-order valence-electron chi connectivity index (χ3n) is 6.82. The van der Waals surface area contributed by atoms with Crippen LogP contribution in [0.15, 0.2) is 53.8 Å². The molecule has 1 aromatic carbocycles. The maximum atomic E-state index is 15.6. The maximum absolute atomic E-state index is 15.6. The summed E-state index contributed by atoms with van der Waals surface area (Å²) in [5.74, 6) is 0.630. The Balaban J connectivity index is 1.38. The van der Waals surface area contributed by atoms with Crippen LogP contribution >= 0.6 is 23.4 Å². The number of fused-ring (bicyclic) bond motifs is 1. The number of likely N-dealkylation sites (tertiary alicyclic amines) is 1. The van der Waals surface area contributed by atoms with Crippen molar-refractivity contribution in [2.24, 2.45) is 5.41 Å². The molecule has 9 heteroatoms. The lowest BCUT2D eigenvalue weighted by atomic mass is 9.74. The number of carboxylic acid groups (broad SMARTS) is 1. The van der Waals surface area contributed by atoms with Gasteiger partial charge in [-0.2, -0.15) is 0 Å². The molecule has 1 saturated heterocycles. The summed E-state index contributed by atoms with van der Waals surface area (Å²) in [5.41, 5.74) is 0.0416. The second kappa shape index (κ2) is 11.5. The molecule has 1 N–H and O–H groups in total. The average Bonchev–Trinajstić information content (AvgIpc) is 2.88. The highest BCUT2D eigenvalue weighted by Crippen LogP contribution is 2.42. The largest absolute Gasteiger partial charge is 0.497 e. The number of ether oxygens (including phenoxy) is 1. The van der Waals surface area contributed by atoms with Crippen molar-refractivity contribution in [1.82, 2.24) is 14.9 Å². The number of hydrogen-bond donors (Lipinski definition) is 1. The lowest BCUT2D eigenvalue weighted by molar-refractivity contribution is -0.153. The Morgan fingerprint density at radius 3 is 2.77 bits per heavy atom. The van der Waals surface area contributed by atoms with E-state index in [1.807, 2.05) is 18.2 Å². The van der Waals surface area contributed by atoms with Gasteiger partial charge in [-0.25, -0.2) is 9.37 Å². The summed E-state index contributed by atoms with van der Waals surface area (Å²) in [6.45, 7) is 2.23. The minimum Gasteiger partial charge on any atom is -0.497 e. The third-order valence-corrected chi connectivity index (χ3v) is 8.04. The van der Waals surface area contributed by atoms with Crippen molar-refractivity contribution in [3.63, 3.8) is 0 Å². The molecule has 0 unspecified atom stereocenters. The number of pyridine rings is 2. The number of piperidine rings is 1. The van der Waals surface area contributed by atoms with E-state index >= 15 is 4.39 Å². The van der Waals surface area contributed by atoms with Crippen LogP contribution in [-0.2, 0) is 4.79 Å². The summed E-state index contributed by atoms with van der Waals surface area (Å²) in [6.07, 6.45) is 3.17. The fourth-order valence-corrected chi connectivity index (χ4v) is 5.79. The molecule has 0 aliphatic carbocycles. The number of halogens is 2. The molecule has 0 bridgehead atoms. The summed E-state index contributed by atoms with van der Waals surface area (Å²) >= 11 is 8.04. The van der Waals surface area contributed by atoms with Gasteiger partial charge in [0.25, 0.3) is 0 Å². The number of carbonyl (C=O) groups is 1. The number of nitrogens with zero attached hydrogens (tertiary/aromatic N) is 3. The molecule has 3 heterocycles. The minimum atomic E-state index is -1.40. The lowest BCUT2D eigenvalue weighted by Crippen LogP contribution is -2.45. The quantitative estimate of drug-likeness (QED) is 0.328. The van der Waals surface area contributed by atoms with Crippen LogP contribution in [0.4, 0.5) is 4.39 Å². The first-order chi connectivity index (χ1) is 16.9. The minimum absolute atomic E-state index is 0.0812. The Hall–Kier alpha value is -2.42. The predicted molar refractivity (Wildman–Crippen MR) is 137 cm³/mol. The number of aromatic nitrogens is 2. The SMILES string of the molecule is COc1ccc2ncc(Cl)c([C@@H](F)CCC3(C(=O)O)CCN(CCSc4ccccn4)CC3)c2c1. The normalized spacial score (nSPS) is 16.8. The molecule has 3 aromatic rings. The van der Waals surface area contributed by atoms with Crippen molar-refractivity contribution in [2.75, 3.05) is 32.5 Å². The number of methoxy groups -OCH3 is 1. The third kappa shape index (κ3) is 6.05. The van der Waals surface area contributed by atoms with E-state index in [1.165, 1.54) is 6.20 Å². The molecule has 6 nitrogen and oxygen atoms in total. The number of thioether (sulfide) groups is 1. The van der Waals surface area contributed by atoms with Crippen molar-refractivity contribution in [3.8, 4) is 5.75 Å². The number of rotatable bonds is 10. The van der Waals surface area contributed by atoms with E-state index in [9.17, 15) is 9.90 Å². The highest BCUT2D eigenvalue weighted by molar-refractivity contribution is 7.99. The van der Waals surface area contributed by atoms with Crippen LogP contribution in [0.3, 0.4) is 0 Å². The molecular formula is C26H29ClFN3O3S. The smallest absolute Gasteiger partial charge is 0.309 e. The number of benzene rings is 1. The van der Waals surface area contributed by atoms with Crippen molar-refractivity contribution in [2.45, 2.75) is 36.9 Å². The van der Waals surface area contributed by atoms with Crippen molar-refractivity contribution >= 4 is 40.2 Å². The first-order valence-corrected chi connectivity index (χ1v) is 13.0. The van der Waals surface area contributed by atoms with E-state index < -0.39 is 17.6 Å². The van der Waals surface area contributed by atoms with Gasteiger partial charge in [-0.05, 0) is 69.1 Å². The van der Waals surface area contributed by atoms with Crippen molar-refractivity contribution in [1.29, 1.82) is 0 Å². The standard InChI is InChI=1S/C26H29ClFN3O3S/c1-34-18-5-6-22-19(16-18)24(20(27)17-30-22)21(28)7-8-26(25(32)33)9-12-31(13-10-26)14-15-35-23-4-2-3-11-29-23/h2-6,11,16-17,21H,7-10,12-15H2,1H3,(H,32,33)/t21-/m0/s1. The topological polar surface area (TPSA) is 75.6 Å². The van der Waals surface area contributed by atoms with Gasteiger partial charge in [0.15, 0.2) is 0 Å². The molecule has 35 heavy (non-hydrogen) atoms. The van der Waals surface area contributed by atoms with E-state index in [1.54, 1.807) is 43.3 Å². The number of hydrogen-bond acceptors (Lipinski definition) is 6. The van der Waals surface area contributed by atoms with Crippen molar-refractivity contribution in [3.05, 3.63) is 59.4 Å². The predicted octanol–water partition coefficient (Wildman–Crippen LogP) is 6.04. The Bertz CT molecular complexity index is 1160. The summed E-state index contributed by atoms with van der Waals surface area (Å²) in [4.78, 5) is 23.2. The van der Waals surface area contributed by atoms with E-state index in [4.69, 9.17) is 16.3 Å². The van der Waals surface area contributed by atoms with Crippen LogP contribution in [0.2, 0.25) is 5.02 Å². The van der Waals surface area contributed by atoms with E-state index in [0.717, 1.165) is 17.3 Å². The number of alkyl halides is 1. The van der Waals surface area contributed by atoms with Gasteiger partial charge in [-0.1, -0.05) is 17.7 Å². The molecule has 0 amide bonds. The van der Waals surface area contributed by atoms with Gasteiger partial charge in [-0.3, -0.25) is 9.78 Å². The molecule has 1 atom stereocenters. The molecule has 4 rings (SSSR count). The summed E-state index contributed by atoms with van der Waals surface area (Å²) < 4.78 is 20.9. The molecular weight excluding hydrogens is 489 g/mol. The van der Waals surface area contributed by atoms with E-state index in [2.05, 4.69) is 14.9 Å². The fourth-order valence-electron chi connectivity index (χ4n) is 4.65. The van der Waals surface area contributed by atoms with Crippen LogP contribution in [0.5, 0.6) is 5.75 Å². The fraction of sp³-hybridized carbons (Fsp3) is 0.423. The Kier molecular flexibility index (Phi) is 8.46. The monoisotopic (exact) mass is 517 g/mol. The van der Waals surface area contributed by atoms with E-state index in [0.29, 0.717) is 48.1 Å². The first-order valence-electron chi connectivity index (χ1n) is 11.7. The highest BCUT2D eigenvalue weighted by atomic mass is 35.5. The first kappa shape index (κ1) is 25.7. The Morgan fingerprint density at radius 1 is 1.29 bits per heavy atom. The van der Waals surface area contributed by atoms with Crippen LogP contribution in [0, 0.1) is 5.41 Å². The van der Waals surface area contributed by atoms with Gasteiger partial charge in [-0.15, -0.1) is 11.8 Å². The lowest BCUT2D eigenvalue weighted by Gasteiger charge is -2.39. The van der Waals surface area contributed by atoms with Crippen LogP contribution in [0.1, 0.15) is 37.4 Å². The zero-order valence-electron chi connectivity index (χ0n) is 19.6. The molecule has 186 valence electrons. The summed E-state index contributed by atoms with van der Waals surface area (Å²) in [6, 6.07) is 11.1. The van der Waals surface area contributed by atoms with Crippen LogP contribution < -0.4 is 4.74 Å². The Morgan fingerprint density at radius 2 is 2.09 bits per heavy atom. The second-order valence-electron chi connectivity index (χ2n) is 8.85. The second-order valence-corrected chi connectivity index (χ2v) is 10.4. The van der Waals surface area contributed by atoms with Gasteiger partial charge in [0.05, 0.1) is 28.1 Å². The van der Waals surface area contributed by atoms with Gasteiger partial charge in [0.2, 0.25) is 0 Å². The zero-order valence-corrected chi connectivity index (χ0v) is 21.2. The highest BCUT2D eigenvalue weighted by Gasteiger charge is 2.41. The summed E-state index contributed by atoms with van der Waals surface area (Å²) in [7, 11) is 1.55. The molecule has 2 aromatic heterocycles. The Labute approximate surface area is 213 Å². The molecule has 0 saturated carbocycles. The van der Waals surface area contributed by atoms with Gasteiger partial charge < -0.3 is 14.7 Å². The average molecular weight is 518 g/mol. The van der Waals surface area contributed by atoms with Gasteiger partial charge >= 0.3 is 5.97 Å². The molecule has 0 radical (unpaired) electrons. The molecule has 1 aliphatic rings. The van der Waals surface area contributed by atoms with Crippen LogP contribution in [-0.4, -0.2) is 58.4 Å². The van der Waals surface area contributed by atoms with Crippen LogP contribution in [0.25, 0.3) is 10.9 Å². The molecule has 1 aliphatic heterocycles. The number of carboxylic acids is 1. The van der Waals surface area contributed by atoms with Gasteiger partial charge in [0.1, 0.15) is 11.9 Å². The summed E-state index contributed by atoms with van der Waals surface area (Å²) in [5, 5.41) is 11.9. The van der Waals surface area contributed by atoms with E-state index in [-0.39, 0.29) is 17.9 Å². The zero-order chi connectivity index (χ0) is 24.8. The number of aliphatic carboxylic acids is 1.